The van der Waals surface area contributed by atoms with E-state index in [-0.39, 0.29) is 16.8 Å². The third kappa shape index (κ3) is 4.80. The number of fused-ring (bicyclic) bond motifs is 5. The first kappa shape index (κ1) is 26.6. The highest BCUT2D eigenvalue weighted by Crippen LogP contribution is 2.68. The largest absolute Gasteiger partial charge is 0.389 e. The number of hydrogen-bond acceptors (Lipinski definition) is 5. The van der Waals surface area contributed by atoms with Crippen molar-refractivity contribution in [2.45, 2.75) is 96.2 Å². The summed E-state index contributed by atoms with van der Waals surface area (Å²) in [7, 11) is 3.96. The van der Waals surface area contributed by atoms with Crippen molar-refractivity contribution in [2.75, 3.05) is 27.2 Å². The fraction of sp³-hybridized carbons (Fsp3) is 0.857. The Bertz CT molecular complexity index is 873. The number of hydrogen-bond donors (Lipinski definition) is 4. The normalized spacial score (nSPS) is 43.7. The molecular weight excluding hydrogens is 438 g/mol. The summed E-state index contributed by atoms with van der Waals surface area (Å²) in [5, 5.41) is 37.2. The highest BCUT2D eigenvalue weighted by molar-refractivity contribution is 5.81. The van der Waals surface area contributed by atoms with Crippen molar-refractivity contribution in [1.29, 1.82) is 5.41 Å². The van der Waals surface area contributed by atoms with E-state index in [1.807, 2.05) is 32.0 Å². The summed E-state index contributed by atoms with van der Waals surface area (Å²) >= 11 is 0. The highest BCUT2D eigenvalue weighted by atomic mass is 16.3. The van der Waals surface area contributed by atoms with Gasteiger partial charge in [0.2, 0.25) is 5.96 Å². The molecule has 7 heteroatoms. The molecule has 35 heavy (non-hydrogen) atoms. The summed E-state index contributed by atoms with van der Waals surface area (Å²) in [5.41, 5.74) is 5.58. The zero-order valence-electron chi connectivity index (χ0n) is 22.7. The Hall–Kier alpha value is -1.44. The maximum atomic E-state index is 11.9. The van der Waals surface area contributed by atoms with Gasteiger partial charge in [0.15, 0.2) is 0 Å². The van der Waals surface area contributed by atoms with Gasteiger partial charge >= 0.3 is 0 Å². The predicted molar refractivity (Wildman–Crippen MR) is 142 cm³/mol. The molecule has 0 aromatic heterocycles. The van der Waals surface area contributed by atoms with Crippen molar-refractivity contribution in [1.82, 2.24) is 9.91 Å². The van der Waals surface area contributed by atoms with Gasteiger partial charge in [0, 0.05) is 6.54 Å². The van der Waals surface area contributed by atoms with E-state index >= 15 is 0 Å². The van der Waals surface area contributed by atoms with Gasteiger partial charge < -0.3 is 20.8 Å². The molecule has 5 N–H and O–H groups in total. The van der Waals surface area contributed by atoms with Crippen LogP contribution in [0.2, 0.25) is 0 Å². The van der Waals surface area contributed by atoms with E-state index in [4.69, 9.17) is 11.1 Å². The molecule has 0 spiro atoms. The molecule has 4 aliphatic carbocycles. The Morgan fingerprint density at radius 2 is 1.77 bits per heavy atom. The molecule has 0 aromatic carbocycles. The second-order valence-electron chi connectivity index (χ2n) is 13.1. The van der Waals surface area contributed by atoms with Crippen LogP contribution in [-0.4, -0.2) is 70.7 Å². The van der Waals surface area contributed by atoms with E-state index < -0.39 is 11.2 Å². The van der Waals surface area contributed by atoms with Gasteiger partial charge in [-0.25, -0.2) is 5.01 Å². The van der Waals surface area contributed by atoms with Crippen LogP contribution in [0.1, 0.15) is 85.0 Å². The Morgan fingerprint density at radius 3 is 2.46 bits per heavy atom. The Balaban J connectivity index is 1.45. The number of nitrogens with zero attached hydrogens (tertiary/aromatic N) is 3. The van der Waals surface area contributed by atoms with Crippen molar-refractivity contribution >= 4 is 12.2 Å². The monoisotopic (exact) mass is 487 g/mol. The van der Waals surface area contributed by atoms with Crippen LogP contribution in [0, 0.1) is 34.0 Å². The van der Waals surface area contributed by atoms with Crippen molar-refractivity contribution < 1.29 is 10.2 Å². The average molecular weight is 488 g/mol. The van der Waals surface area contributed by atoms with E-state index in [1.165, 1.54) is 17.9 Å². The lowest BCUT2D eigenvalue weighted by atomic mass is 9.43. The Kier molecular flexibility index (Phi) is 7.19. The first-order chi connectivity index (χ1) is 16.3. The van der Waals surface area contributed by atoms with E-state index in [2.05, 4.69) is 18.9 Å². The second kappa shape index (κ2) is 9.46. The molecule has 4 saturated carbocycles. The maximum Gasteiger partial charge on any atom is 0.209 e. The van der Waals surface area contributed by atoms with Gasteiger partial charge in [-0.3, -0.25) is 5.41 Å². The standard InChI is InChI=1S/C28H49N5O2/c1-20(19-31-33(24(29)30)16-15-32(4)5)17-27(34)14-13-26(3)21(18-27)7-8-23-22(26)9-12-25(2)10-6-11-28(23,25)35/h17,19,21-23,34-35H,6-16,18H2,1-5H3,(H3,29,30)/t21-,22+,23-,25+,26+,27-,28+/m1/s1. The lowest BCUT2D eigenvalue weighted by Crippen LogP contribution is -2.61. The third-order valence-electron chi connectivity index (χ3n) is 10.7. The van der Waals surface area contributed by atoms with Gasteiger partial charge in [0.1, 0.15) is 0 Å². The minimum absolute atomic E-state index is 0.0766. The molecule has 0 aromatic rings. The SMILES string of the molecule is CC(C=NN(CCN(C)C)C(=N)N)=C[C@]1(O)CC[C@@]2(C)[C@H](CC[C@@H]3[C@@H]2CC[C@]2(C)CCC[C@]32O)C1. The number of nitrogens with two attached hydrogens (primary N) is 1. The maximum absolute atomic E-state index is 11.9. The number of hydrazone groups is 1. The van der Waals surface area contributed by atoms with E-state index in [0.717, 1.165) is 63.5 Å². The number of rotatable bonds is 6. The molecule has 0 heterocycles. The van der Waals surface area contributed by atoms with Crippen LogP contribution in [0.25, 0.3) is 0 Å². The van der Waals surface area contributed by atoms with E-state index in [1.54, 1.807) is 6.21 Å². The molecule has 7 atom stereocenters. The summed E-state index contributed by atoms with van der Waals surface area (Å²) in [6, 6.07) is 0. The molecule has 0 saturated heterocycles. The van der Waals surface area contributed by atoms with Gasteiger partial charge in [-0.2, -0.15) is 5.10 Å². The zero-order valence-corrected chi connectivity index (χ0v) is 22.7. The molecule has 0 amide bonds. The first-order valence-electron chi connectivity index (χ1n) is 13.8. The van der Waals surface area contributed by atoms with Crippen LogP contribution < -0.4 is 5.73 Å². The number of aliphatic hydroxyl groups is 2. The smallest absolute Gasteiger partial charge is 0.209 e. The van der Waals surface area contributed by atoms with E-state index in [0.29, 0.717) is 24.3 Å². The van der Waals surface area contributed by atoms with Crippen LogP contribution in [0.5, 0.6) is 0 Å². The van der Waals surface area contributed by atoms with Crippen molar-refractivity contribution in [3.8, 4) is 0 Å². The van der Waals surface area contributed by atoms with Gasteiger partial charge in [-0.15, -0.1) is 0 Å². The molecular formula is C28H49N5O2. The van der Waals surface area contributed by atoms with Crippen LogP contribution in [0.3, 0.4) is 0 Å². The van der Waals surface area contributed by atoms with E-state index in [9.17, 15) is 10.2 Å². The van der Waals surface area contributed by atoms with Crippen molar-refractivity contribution in [3.63, 3.8) is 0 Å². The van der Waals surface area contributed by atoms with Crippen molar-refractivity contribution in [3.05, 3.63) is 11.6 Å². The number of guanidine groups is 1. The number of allylic oxidation sites excluding steroid dienone is 1. The molecule has 198 valence electrons. The molecule has 4 aliphatic rings. The van der Waals surface area contributed by atoms with Crippen LogP contribution in [-0.2, 0) is 0 Å². The molecule has 0 radical (unpaired) electrons. The molecule has 0 bridgehead atoms. The lowest BCUT2D eigenvalue weighted by molar-refractivity contribution is -0.206. The summed E-state index contributed by atoms with van der Waals surface area (Å²) < 4.78 is 0. The van der Waals surface area contributed by atoms with Crippen LogP contribution in [0.15, 0.2) is 16.8 Å². The number of nitrogens with one attached hydrogen (secondary N) is 1. The first-order valence-corrected chi connectivity index (χ1v) is 13.8. The Labute approximate surface area is 212 Å². The Morgan fingerprint density at radius 1 is 1.03 bits per heavy atom. The fourth-order valence-electron chi connectivity index (χ4n) is 8.52. The second-order valence-corrected chi connectivity index (χ2v) is 13.1. The molecule has 7 nitrogen and oxygen atoms in total. The predicted octanol–water partition coefficient (Wildman–Crippen LogP) is 3.95. The van der Waals surface area contributed by atoms with Gasteiger partial charge in [-0.1, -0.05) is 13.8 Å². The zero-order chi connectivity index (χ0) is 25.6. The molecule has 4 fully saturated rings. The molecule has 0 unspecified atom stereocenters. The summed E-state index contributed by atoms with van der Waals surface area (Å²) in [6.07, 6.45) is 14.1. The molecule has 0 aliphatic heterocycles. The third-order valence-corrected chi connectivity index (χ3v) is 10.7. The van der Waals surface area contributed by atoms with Gasteiger partial charge in [0.05, 0.1) is 24.0 Å². The average Bonchev–Trinajstić information content (AvgIpc) is 3.09. The van der Waals surface area contributed by atoms with Crippen LogP contribution in [0.4, 0.5) is 0 Å². The quantitative estimate of drug-likeness (QED) is 0.258. The molecule has 4 rings (SSSR count). The highest BCUT2D eigenvalue weighted by Gasteiger charge is 2.65. The minimum Gasteiger partial charge on any atom is -0.389 e. The van der Waals surface area contributed by atoms with Gasteiger partial charge in [0.25, 0.3) is 0 Å². The fourth-order valence-corrected chi connectivity index (χ4v) is 8.52. The number of likely N-dealkylation sites (N-methyl/N-ethyl adjacent to an activating group) is 1. The summed E-state index contributed by atoms with van der Waals surface area (Å²) in [6.45, 7) is 8.06. The van der Waals surface area contributed by atoms with Gasteiger partial charge in [-0.05, 0) is 125 Å². The minimum atomic E-state index is -0.828. The summed E-state index contributed by atoms with van der Waals surface area (Å²) in [4.78, 5) is 2.03. The lowest BCUT2D eigenvalue weighted by Gasteiger charge is -2.63. The van der Waals surface area contributed by atoms with Crippen molar-refractivity contribution in [2.24, 2.45) is 39.4 Å². The topological polar surface area (TPSA) is 109 Å². The summed E-state index contributed by atoms with van der Waals surface area (Å²) in [5.74, 6) is 1.38. The van der Waals surface area contributed by atoms with Crippen LogP contribution >= 0.6 is 0 Å².